The molecule has 1 aromatic carbocycles. The zero-order valence-corrected chi connectivity index (χ0v) is 14.8. The van der Waals surface area contributed by atoms with Gasteiger partial charge in [0, 0.05) is 16.5 Å². The molecule has 0 spiro atoms. The minimum absolute atomic E-state index is 0.0768. The van der Waals surface area contributed by atoms with Crippen LogP contribution in [0.25, 0.3) is 16.9 Å². The van der Waals surface area contributed by atoms with Crippen LogP contribution in [-0.2, 0) is 5.41 Å². The number of anilines is 1. The van der Waals surface area contributed by atoms with E-state index in [0.717, 1.165) is 6.08 Å². The molecule has 28 heavy (non-hydrogen) atoms. The van der Waals surface area contributed by atoms with Crippen LogP contribution in [0.2, 0.25) is 0 Å². The number of halogens is 3. The fourth-order valence-corrected chi connectivity index (χ4v) is 3.51. The lowest BCUT2D eigenvalue weighted by molar-refractivity contribution is -0.0934. The van der Waals surface area contributed by atoms with Crippen LogP contribution in [-0.4, -0.2) is 30.9 Å². The summed E-state index contributed by atoms with van der Waals surface area (Å²) in [6.07, 6.45) is -1.09. The summed E-state index contributed by atoms with van der Waals surface area (Å²) in [5, 5.41) is 13.8. The Morgan fingerprint density at radius 1 is 1.21 bits per heavy atom. The summed E-state index contributed by atoms with van der Waals surface area (Å²) >= 11 is 0. The van der Waals surface area contributed by atoms with E-state index >= 15 is 0 Å². The molecule has 2 heterocycles. The molecular weight excluding hydrogens is 371 g/mol. The highest BCUT2D eigenvalue weighted by molar-refractivity contribution is 5.75. The van der Waals surface area contributed by atoms with Crippen LogP contribution in [0.1, 0.15) is 18.9 Å². The van der Waals surface area contributed by atoms with Gasteiger partial charge in [-0.25, -0.2) is 9.97 Å². The van der Waals surface area contributed by atoms with E-state index in [1.54, 1.807) is 31.2 Å². The Kier molecular flexibility index (Phi) is 3.91. The van der Waals surface area contributed by atoms with E-state index in [-0.39, 0.29) is 12.4 Å². The first-order valence-electron chi connectivity index (χ1n) is 8.45. The van der Waals surface area contributed by atoms with Crippen LogP contribution in [0.15, 0.2) is 60.1 Å². The zero-order valence-electron chi connectivity index (χ0n) is 14.8. The number of alkyl halides is 3. The van der Waals surface area contributed by atoms with Crippen molar-refractivity contribution in [2.75, 3.05) is 5.73 Å². The van der Waals surface area contributed by atoms with E-state index in [2.05, 4.69) is 15.1 Å². The lowest BCUT2D eigenvalue weighted by Crippen LogP contribution is -2.29. The number of nitrogen functional groups attached to an aromatic ring is 1. The van der Waals surface area contributed by atoms with E-state index in [4.69, 9.17) is 5.73 Å². The van der Waals surface area contributed by atoms with Crippen LogP contribution in [0, 0.1) is 0 Å². The molecule has 1 aliphatic rings. The van der Waals surface area contributed by atoms with Gasteiger partial charge in [-0.3, -0.25) is 0 Å². The summed E-state index contributed by atoms with van der Waals surface area (Å²) < 4.78 is 41.7. The molecule has 0 fully saturated rings. The topological polar surface area (TPSA) is 89.3 Å². The maximum atomic E-state index is 13.5. The van der Waals surface area contributed by atoms with Crippen LogP contribution < -0.4 is 5.73 Å². The number of aliphatic hydroxyl groups is 1. The summed E-state index contributed by atoms with van der Waals surface area (Å²) in [5.74, 6) is -0.708. The second-order valence-electron chi connectivity index (χ2n) is 6.82. The van der Waals surface area contributed by atoms with Crippen molar-refractivity contribution in [1.82, 2.24) is 19.6 Å². The predicted octanol–water partition coefficient (Wildman–Crippen LogP) is 3.97. The number of aliphatic hydroxyl groups excluding tert-OH is 1. The maximum absolute atomic E-state index is 13.5. The van der Waals surface area contributed by atoms with E-state index in [0.29, 0.717) is 22.5 Å². The SMILES string of the molecule is CC1(c2c(-c3ccccc3)nc(N)n3ncnc23)C=C(C(F)(F)F)C(O)=CC1. The molecule has 1 atom stereocenters. The average Bonchev–Trinajstić information content (AvgIpc) is 3.13. The number of aromatic nitrogens is 4. The molecule has 0 amide bonds. The molecule has 0 radical (unpaired) electrons. The van der Waals surface area contributed by atoms with Crippen molar-refractivity contribution in [3.8, 4) is 11.3 Å². The van der Waals surface area contributed by atoms with Crippen LogP contribution in [0.4, 0.5) is 19.1 Å². The highest BCUT2D eigenvalue weighted by Crippen LogP contribution is 2.45. The Balaban J connectivity index is 2.04. The smallest absolute Gasteiger partial charge is 0.419 e. The van der Waals surface area contributed by atoms with Crippen molar-refractivity contribution in [1.29, 1.82) is 0 Å². The number of fused-ring (bicyclic) bond motifs is 1. The number of hydrogen-bond acceptors (Lipinski definition) is 5. The lowest BCUT2D eigenvalue weighted by atomic mass is 9.74. The Morgan fingerprint density at radius 2 is 1.93 bits per heavy atom. The fourth-order valence-electron chi connectivity index (χ4n) is 3.51. The van der Waals surface area contributed by atoms with Gasteiger partial charge in [0.1, 0.15) is 12.1 Å². The standard InChI is InChI=1S/C19H16F3N5O/c1-18(8-7-13(28)12(9-18)19(20,21)22)14-15(11-5-3-2-4-6-11)26-17(23)27-16(14)24-10-25-27/h2-7,9-10,28H,8H2,1H3,(H2,23,26). The minimum Gasteiger partial charge on any atom is -0.508 e. The van der Waals surface area contributed by atoms with Gasteiger partial charge in [-0.2, -0.15) is 22.8 Å². The van der Waals surface area contributed by atoms with Gasteiger partial charge in [-0.05, 0) is 12.5 Å². The summed E-state index contributed by atoms with van der Waals surface area (Å²) in [7, 11) is 0. The van der Waals surface area contributed by atoms with Crippen LogP contribution in [0.3, 0.4) is 0 Å². The summed E-state index contributed by atoms with van der Waals surface area (Å²) in [4.78, 5) is 8.65. The molecule has 1 unspecified atom stereocenters. The van der Waals surface area contributed by atoms with Crippen LogP contribution >= 0.6 is 0 Å². The largest absolute Gasteiger partial charge is 0.508 e. The number of allylic oxidation sites excluding steroid dienone is 3. The van der Waals surface area contributed by atoms with Gasteiger partial charge in [-0.15, -0.1) is 0 Å². The summed E-state index contributed by atoms with van der Waals surface area (Å²) in [5.41, 5.74) is 5.66. The van der Waals surface area contributed by atoms with Crippen LogP contribution in [0.5, 0.6) is 0 Å². The second-order valence-corrected chi connectivity index (χ2v) is 6.82. The average molecular weight is 387 g/mol. The molecule has 144 valence electrons. The van der Waals surface area contributed by atoms with Crippen molar-refractivity contribution in [3.05, 3.63) is 65.7 Å². The van der Waals surface area contributed by atoms with Crippen molar-refractivity contribution in [2.24, 2.45) is 0 Å². The first-order valence-corrected chi connectivity index (χ1v) is 8.45. The molecule has 1 aliphatic carbocycles. The molecule has 0 aliphatic heterocycles. The molecule has 2 aromatic heterocycles. The van der Waals surface area contributed by atoms with Gasteiger partial charge in [-0.1, -0.05) is 43.3 Å². The third-order valence-corrected chi connectivity index (χ3v) is 4.83. The molecule has 3 aromatic rings. The Hall–Kier alpha value is -3.36. The van der Waals surface area contributed by atoms with E-state index in [1.165, 1.54) is 16.9 Å². The zero-order chi connectivity index (χ0) is 20.1. The van der Waals surface area contributed by atoms with Crippen molar-refractivity contribution in [2.45, 2.75) is 24.9 Å². The number of benzene rings is 1. The number of rotatable bonds is 2. The quantitative estimate of drug-likeness (QED) is 0.695. The van der Waals surface area contributed by atoms with E-state index < -0.39 is 22.9 Å². The molecule has 0 saturated carbocycles. The van der Waals surface area contributed by atoms with Crippen molar-refractivity contribution < 1.29 is 18.3 Å². The first kappa shape index (κ1) is 18.0. The molecule has 9 heteroatoms. The Morgan fingerprint density at radius 3 is 2.61 bits per heavy atom. The third kappa shape index (κ3) is 2.79. The highest BCUT2D eigenvalue weighted by atomic mass is 19.4. The first-order chi connectivity index (χ1) is 13.2. The lowest BCUT2D eigenvalue weighted by Gasteiger charge is -2.32. The number of hydrogen-bond donors (Lipinski definition) is 2. The molecule has 0 saturated heterocycles. The molecule has 6 nitrogen and oxygen atoms in total. The fraction of sp³-hybridized carbons (Fsp3) is 0.211. The number of nitrogens with zero attached hydrogens (tertiary/aromatic N) is 4. The third-order valence-electron chi connectivity index (χ3n) is 4.83. The van der Waals surface area contributed by atoms with Crippen molar-refractivity contribution >= 4 is 11.6 Å². The molecule has 0 bridgehead atoms. The van der Waals surface area contributed by atoms with E-state index in [9.17, 15) is 18.3 Å². The minimum atomic E-state index is -4.69. The van der Waals surface area contributed by atoms with E-state index in [1.807, 2.05) is 6.07 Å². The normalized spacial score (nSPS) is 20.1. The van der Waals surface area contributed by atoms with Gasteiger partial charge < -0.3 is 10.8 Å². The van der Waals surface area contributed by atoms with Gasteiger partial charge in [0.25, 0.3) is 0 Å². The summed E-state index contributed by atoms with van der Waals surface area (Å²) in [6.45, 7) is 1.65. The highest BCUT2D eigenvalue weighted by Gasteiger charge is 2.43. The van der Waals surface area contributed by atoms with Gasteiger partial charge in [0.05, 0.1) is 11.3 Å². The second kappa shape index (κ2) is 6.08. The monoisotopic (exact) mass is 387 g/mol. The molecule has 3 N–H and O–H groups in total. The summed E-state index contributed by atoms with van der Waals surface area (Å²) in [6, 6.07) is 9.03. The van der Waals surface area contributed by atoms with Gasteiger partial charge in [0.15, 0.2) is 5.65 Å². The Bertz CT molecular complexity index is 1120. The van der Waals surface area contributed by atoms with Crippen molar-refractivity contribution in [3.63, 3.8) is 0 Å². The molecule has 4 rings (SSSR count). The van der Waals surface area contributed by atoms with Gasteiger partial charge in [0.2, 0.25) is 5.95 Å². The maximum Gasteiger partial charge on any atom is 0.419 e. The Labute approximate surface area is 157 Å². The van der Waals surface area contributed by atoms with Gasteiger partial charge >= 0.3 is 6.18 Å². The predicted molar refractivity (Wildman–Crippen MR) is 97.4 cm³/mol. The molecular formula is C19H16F3N5O. The number of nitrogens with two attached hydrogens (primary N) is 1.